The molecule has 3 aromatic rings. The van der Waals surface area contributed by atoms with Crippen LogP contribution in [0.3, 0.4) is 0 Å². The van der Waals surface area contributed by atoms with Gasteiger partial charge in [0.2, 0.25) is 5.91 Å². The molecule has 0 aliphatic carbocycles. The van der Waals surface area contributed by atoms with Crippen LogP contribution in [-0.4, -0.2) is 27.6 Å². The molecule has 0 saturated heterocycles. The molecule has 8 heteroatoms. The van der Waals surface area contributed by atoms with Crippen LogP contribution in [-0.2, 0) is 11.2 Å². The van der Waals surface area contributed by atoms with Gasteiger partial charge in [-0.3, -0.25) is 14.7 Å². The second-order valence-corrected chi connectivity index (χ2v) is 8.08. The first-order valence-electron chi connectivity index (χ1n) is 8.06. The molecule has 3 N–H and O–H groups in total. The number of aromatic nitrogens is 2. The fraction of sp³-hybridized carbons (Fsp3) is 0.278. The molecule has 0 bridgehead atoms. The molecule has 1 aromatic carbocycles. The number of aromatic amines is 1. The summed E-state index contributed by atoms with van der Waals surface area (Å²) in [6, 6.07) is 7.12. The molecule has 3 rings (SSSR count). The van der Waals surface area contributed by atoms with Gasteiger partial charge >= 0.3 is 0 Å². The van der Waals surface area contributed by atoms with E-state index in [0.29, 0.717) is 16.2 Å². The van der Waals surface area contributed by atoms with Crippen LogP contribution in [0, 0.1) is 5.82 Å². The SMILES string of the molecule is CC(C)(C)NC(=O)Cc1cc2c(NC(=O)c3ccc(F)cc3)[nH]nc2s1. The summed E-state index contributed by atoms with van der Waals surface area (Å²) in [6.45, 7) is 5.78. The van der Waals surface area contributed by atoms with Crippen LogP contribution in [0.1, 0.15) is 36.0 Å². The number of nitrogens with zero attached hydrogens (tertiary/aromatic N) is 1. The first-order chi connectivity index (χ1) is 12.2. The summed E-state index contributed by atoms with van der Waals surface area (Å²) >= 11 is 1.39. The largest absolute Gasteiger partial charge is 0.351 e. The van der Waals surface area contributed by atoms with E-state index < -0.39 is 5.82 Å². The second-order valence-electron chi connectivity index (χ2n) is 6.97. The average molecular weight is 374 g/mol. The number of benzene rings is 1. The number of anilines is 1. The number of hydrogen-bond acceptors (Lipinski definition) is 4. The molecule has 0 aliphatic heterocycles. The van der Waals surface area contributed by atoms with Crippen LogP contribution in [0.15, 0.2) is 30.3 Å². The van der Waals surface area contributed by atoms with Gasteiger partial charge in [0.1, 0.15) is 16.5 Å². The van der Waals surface area contributed by atoms with Gasteiger partial charge in [-0.05, 0) is 51.1 Å². The molecule has 6 nitrogen and oxygen atoms in total. The lowest BCUT2D eigenvalue weighted by Gasteiger charge is -2.20. The number of carbonyl (C=O) groups is 2. The number of carbonyl (C=O) groups excluding carboxylic acids is 2. The van der Waals surface area contributed by atoms with Crippen molar-refractivity contribution in [2.45, 2.75) is 32.7 Å². The molecule has 136 valence electrons. The summed E-state index contributed by atoms with van der Waals surface area (Å²) in [6.07, 6.45) is 0.254. The van der Waals surface area contributed by atoms with E-state index in [4.69, 9.17) is 0 Å². The van der Waals surface area contributed by atoms with Gasteiger partial charge < -0.3 is 10.6 Å². The van der Waals surface area contributed by atoms with E-state index in [9.17, 15) is 14.0 Å². The standard InChI is InChI=1S/C18H19FN4O2S/c1-18(2,3)21-14(24)9-12-8-13-15(22-23-17(13)26-12)20-16(25)10-4-6-11(19)7-5-10/h4-8H,9H2,1-3H3,(H,21,24)(H2,20,22,23,25). The number of hydrogen-bond donors (Lipinski definition) is 3. The van der Waals surface area contributed by atoms with Crippen molar-refractivity contribution < 1.29 is 14.0 Å². The Morgan fingerprint density at radius 3 is 2.58 bits per heavy atom. The molecule has 0 saturated carbocycles. The zero-order valence-corrected chi connectivity index (χ0v) is 15.5. The van der Waals surface area contributed by atoms with Gasteiger partial charge in [0, 0.05) is 16.0 Å². The Hall–Kier alpha value is -2.74. The zero-order chi connectivity index (χ0) is 18.9. The predicted molar refractivity (Wildman–Crippen MR) is 99.9 cm³/mol. The third kappa shape index (κ3) is 4.26. The summed E-state index contributed by atoms with van der Waals surface area (Å²) in [5.41, 5.74) is 0.0535. The highest BCUT2D eigenvalue weighted by Gasteiger charge is 2.17. The molecule has 2 aromatic heterocycles. The lowest BCUT2D eigenvalue weighted by molar-refractivity contribution is -0.121. The minimum Gasteiger partial charge on any atom is -0.351 e. The maximum absolute atomic E-state index is 13.0. The molecular formula is C18H19FN4O2S. The highest BCUT2D eigenvalue weighted by atomic mass is 32.1. The fourth-order valence-corrected chi connectivity index (χ4v) is 3.44. The number of rotatable bonds is 4. The molecule has 2 amide bonds. The highest BCUT2D eigenvalue weighted by molar-refractivity contribution is 7.18. The van der Waals surface area contributed by atoms with Crippen LogP contribution in [0.25, 0.3) is 10.2 Å². The van der Waals surface area contributed by atoms with Gasteiger partial charge in [0.05, 0.1) is 11.8 Å². The Bertz CT molecular complexity index is 954. The Balaban J connectivity index is 1.74. The first kappa shape index (κ1) is 18.1. The highest BCUT2D eigenvalue weighted by Crippen LogP contribution is 2.29. The number of fused-ring (bicyclic) bond motifs is 1. The third-order valence-corrected chi connectivity index (χ3v) is 4.53. The number of amides is 2. The lowest BCUT2D eigenvalue weighted by Crippen LogP contribution is -2.41. The van der Waals surface area contributed by atoms with Crippen LogP contribution in [0.5, 0.6) is 0 Å². The quantitative estimate of drug-likeness (QED) is 0.653. The van der Waals surface area contributed by atoms with Crippen molar-refractivity contribution in [3.05, 3.63) is 46.6 Å². The zero-order valence-electron chi connectivity index (χ0n) is 14.6. The summed E-state index contributed by atoms with van der Waals surface area (Å²) in [5, 5.41) is 13.3. The number of nitrogens with one attached hydrogen (secondary N) is 3. The fourth-order valence-electron chi connectivity index (χ4n) is 2.45. The third-order valence-electron chi connectivity index (χ3n) is 3.50. The molecule has 0 spiro atoms. The van der Waals surface area contributed by atoms with E-state index >= 15 is 0 Å². The normalized spacial score (nSPS) is 11.5. The second kappa shape index (κ2) is 6.87. The van der Waals surface area contributed by atoms with Crippen molar-refractivity contribution in [1.29, 1.82) is 0 Å². The smallest absolute Gasteiger partial charge is 0.256 e. The van der Waals surface area contributed by atoms with Crippen molar-refractivity contribution in [1.82, 2.24) is 15.5 Å². The molecule has 0 unspecified atom stereocenters. The molecule has 26 heavy (non-hydrogen) atoms. The minimum atomic E-state index is -0.401. The summed E-state index contributed by atoms with van der Waals surface area (Å²) in [7, 11) is 0. The van der Waals surface area contributed by atoms with Gasteiger partial charge in [-0.15, -0.1) is 11.3 Å². The van der Waals surface area contributed by atoms with Crippen LogP contribution in [0.4, 0.5) is 10.2 Å². The van der Waals surface area contributed by atoms with Gasteiger partial charge in [-0.2, -0.15) is 5.10 Å². The Labute approximate surface area is 153 Å². The van der Waals surface area contributed by atoms with Gasteiger partial charge in [0.25, 0.3) is 5.91 Å². The molecule has 0 atom stereocenters. The molecular weight excluding hydrogens is 355 g/mol. The maximum Gasteiger partial charge on any atom is 0.256 e. The van der Waals surface area contributed by atoms with Crippen LogP contribution < -0.4 is 10.6 Å². The Morgan fingerprint density at radius 2 is 1.92 bits per heavy atom. The Morgan fingerprint density at radius 1 is 1.23 bits per heavy atom. The van der Waals surface area contributed by atoms with Crippen molar-refractivity contribution in [2.24, 2.45) is 0 Å². The van der Waals surface area contributed by atoms with E-state index in [1.807, 2.05) is 26.8 Å². The summed E-state index contributed by atoms with van der Waals surface area (Å²) in [5.74, 6) is -0.384. The number of H-pyrrole nitrogens is 1. The van der Waals surface area contributed by atoms with E-state index in [2.05, 4.69) is 20.8 Å². The van der Waals surface area contributed by atoms with E-state index in [1.165, 1.54) is 35.6 Å². The van der Waals surface area contributed by atoms with Gasteiger partial charge in [-0.25, -0.2) is 4.39 Å². The van der Waals surface area contributed by atoms with Crippen molar-refractivity contribution in [2.75, 3.05) is 5.32 Å². The molecule has 0 radical (unpaired) electrons. The van der Waals surface area contributed by atoms with Crippen LogP contribution >= 0.6 is 11.3 Å². The topological polar surface area (TPSA) is 86.9 Å². The van der Waals surface area contributed by atoms with Crippen molar-refractivity contribution >= 4 is 39.2 Å². The minimum absolute atomic E-state index is 0.0673. The first-order valence-corrected chi connectivity index (χ1v) is 8.88. The molecule has 2 heterocycles. The van der Waals surface area contributed by atoms with Gasteiger partial charge in [0.15, 0.2) is 0 Å². The summed E-state index contributed by atoms with van der Waals surface area (Å²) in [4.78, 5) is 25.9. The van der Waals surface area contributed by atoms with Crippen molar-refractivity contribution in [3.63, 3.8) is 0 Å². The molecule has 0 aliphatic rings. The van der Waals surface area contributed by atoms with Gasteiger partial charge in [-0.1, -0.05) is 0 Å². The monoisotopic (exact) mass is 374 g/mol. The maximum atomic E-state index is 13.0. The number of thiophene rings is 1. The van der Waals surface area contributed by atoms with E-state index in [0.717, 1.165) is 10.3 Å². The van der Waals surface area contributed by atoms with E-state index in [-0.39, 0.29) is 23.8 Å². The average Bonchev–Trinajstić information content (AvgIpc) is 3.07. The van der Waals surface area contributed by atoms with Crippen molar-refractivity contribution in [3.8, 4) is 0 Å². The number of halogens is 1. The molecule has 0 fully saturated rings. The predicted octanol–water partition coefficient (Wildman–Crippen LogP) is 3.47. The lowest BCUT2D eigenvalue weighted by atomic mass is 10.1. The van der Waals surface area contributed by atoms with Crippen LogP contribution in [0.2, 0.25) is 0 Å². The summed E-state index contributed by atoms with van der Waals surface area (Å²) < 4.78 is 13.0. The Kier molecular flexibility index (Phi) is 4.78. The van der Waals surface area contributed by atoms with E-state index in [1.54, 1.807) is 0 Å².